The number of hydrogen-bond acceptors (Lipinski definition) is 8. The van der Waals surface area contributed by atoms with Crippen molar-refractivity contribution in [2.24, 2.45) is 0 Å². The van der Waals surface area contributed by atoms with Crippen LogP contribution in [0.5, 0.6) is 11.5 Å². The van der Waals surface area contributed by atoms with Crippen LogP contribution in [-0.4, -0.2) is 26.2 Å². The van der Waals surface area contributed by atoms with E-state index in [0.29, 0.717) is 11.1 Å². The maximum absolute atomic E-state index is 11.7. The summed E-state index contributed by atoms with van der Waals surface area (Å²) in [4.78, 5) is 41.8. The van der Waals surface area contributed by atoms with Crippen LogP contribution in [0.15, 0.2) is 109 Å². The third kappa shape index (κ3) is 12.6. The van der Waals surface area contributed by atoms with E-state index in [1.165, 1.54) is 36.4 Å². The summed E-state index contributed by atoms with van der Waals surface area (Å²) in [5.41, 5.74) is 2.92. The molecule has 1 N–H and O–H groups in total. The summed E-state index contributed by atoms with van der Waals surface area (Å²) in [6, 6.07) is 27.0. The van der Waals surface area contributed by atoms with Gasteiger partial charge in [-0.1, -0.05) is 66.7 Å². The molecule has 0 aliphatic carbocycles. The first-order chi connectivity index (χ1) is 20.5. The summed E-state index contributed by atoms with van der Waals surface area (Å²) in [6.07, 6.45) is 5.91. The molecule has 220 valence electrons. The smallest absolute Gasteiger partial charge is 0.336 e. The number of rotatable bonds is 7. The van der Waals surface area contributed by atoms with E-state index >= 15 is 0 Å². The zero-order valence-corrected chi connectivity index (χ0v) is 23.9. The van der Waals surface area contributed by atoms with E-state index in [0.717, 1.165) is 17.2 Å². The number of phenols is 1. The second-order valence-electron chi connectivity index (χ2n) is 8.65. The molecule has 0 fully saturated rings. The molecule has 0 aliphatic heterocycles. The van der Waals surface area contributed by atoms with Gasteiger partial charge in [-0.2, -0.15) is 0 Å². The minimum absolute atomic E-state index is 0.0424. The van der Waals surface area contributed by atoms with E-state index in [1.54, 1.807) is 32.1 Å². The minimum Gasteiger partial charge on any atom is -0.507 e. The fourth-order valence-corrected chi connectivity index (χ4v) is 3.18. The number of nitro benzene ring substituents is 2. The highest BCUT2D eigenvalue weighted by Gasteiger charge is 2.11. The highest BCUT2D eigenvalue weighted by atomic mass is 35.5. The second-order valence-corrected chi connectivity index (χ2v) is 9.02. The average Bonchev–Trinajstić information content (AvgIpc) is 2.99. The summed E-state index contributed by atoms with van der Waals surface area (Å²) in [5, 5.41) is 29.5. The van der Waals surface area contributed by atoms with Crippen LogP contribution in [0.25, 0.3) is 12.2 Å². The van der Waals surface area contributed by atoms with Gasteiger partial charge >= 0.3 is 5.97 Å². The molecule has 0 unspecified atom stereocenters. The number of non-ortho nitro benzene ring substituents is 2. The van der Waals surface area contributed by atoms with Gasteiger partial charge in [-0.15, -0.1) is 0 Å². The quantitative estimate of drug-likeness (QED) is 0.0567. The predicted octanol–water partition coefficient (Wildman–Crippen LogP) is 7.60. The van der Waals surface area contributed by atoms with Crippen molar-refractivity contribution in [1.82, 2.24) is 0 Å². The molecule has 0 radical (unpaired) electrons. The lowest BCUT2D eigenvalue weighted by molar-refractivity contribution is -0.385. The van der Waals surface area contributed by atoms with E-state index in [4.69, 9.17) is 21.4 Å². The standard InChI is InChI=1S/C16H13NO4.C9H7ClO.C7H7NO3/c1-12-7-9-14(17(19)20)11-15(12)21-16(18)10-8-13-5-3-2-4-6-13;10-9(11)7-6-8-4-2-1-3-5-8;1-5-2-3-6(8(10)11)4-7(5)9/h2-11H,1H3;1-7H;2-4,9H,1H3/b10-8+;7-6+;. The highest BCUT2D eigenvalue weighted by molar-refractivity contribution is 6.66. The largest absolute Gasteiger partial charge is 0.507 e. The number of carbonyl (C=O) groups is 2. The molecule has 0 atom stereocenters. The Balaban J connectivity index is 0.000000247. The molecule has 10 nitrogen and oxygen atoms in total. The van der Waals surface area contributed by atoms with E-state index in [-0.39, 0.29) is 22.9 Å². The molecule has 0 saturated carbocycles. The molecule has 0 aliphatic rings. The lowest BCUT2D eigenvalue weighted by Gasteiger charge is -2.04. The van der Waals surface area contributed by atoms with Crippen LogP contribution in [0.2, 0.25) is 0 Å². The second kappa shape index (κ2) is 17.3. The zero-order chi connectivity index (χ0) is 31.8. The van der Waals surface area contributed by atoms with E-state index < -0.39 is 21.1 Å². The summed E-state index contributed by atoms with van der Waals surface area (Å²) in [5.74, 6) is -0.437. The number of esters is 1. The molecular weight excluding hydrogens is 576 g/mol. The van der Waals surface area contributed by atoms with Crippen molar-refractivity contribution in [2.45, 2.75) is 13.8 Å². The molecule has 0 amide bonds. The topological polar surface area (TPSA) is 150 Å². The number of phenolic OH excluding ortho intramolecular Hbond substituents is 1. The highest BCUT2D eigenvalue weighted by Crippen LogP contribution is 2.24. The maximum Gasteiger partial charge on any atom is 0.336 e. The molecule has 43 heavy (non-hydrogen) atoms. The molecule has 11 heteroatoms. The van der Waals surface area contributed by atoms with Gasteiger partial charge in [0.2, 0.25) is 5.24 Å². The van der Waals surface area contributed by atoms with E-state index in [9.17, 15) is 29.8 Å². The van der Waals surface area contributed by atoms with Crippen LogP contribution in [0, 0.1) is 34.1 Å². The first kappa shape index (κ1) is 33.6. The van der Waals surface area contributed by atoms with Crippen molar-refractivity contribution < 1.29 is 29.3 Å². The Morgan fingerprint density at radius 1 is 0.721 bits per heavy atom. The predicted molar refractivity (Wildman–Crippen MR) is 165 cm³/mol. The Morgan fingerprint density at radius 3 is 1.65 bits per heavy atom. The third-order valence-electron chi connectivity index (χ3n) is 5.41. The molecular formula is C32H27ClN2O8. The Morgan fingerprint density at radius 2 is 1.19 bits per heavy atom. The van der Waals surface area contributed by atoms with Crippen LogP contribution in [0.4, 0.5) is 11.4 Å². The molecule has 0 saturated heterocycles. The van der Waals surface area contributed by atoms with Crippen molar-refractivity contribution in [3.05, 3.63) is 152 Å². The van der Waals surface area contributed by atoms with Gasteiger partial charge in [0.25, 0.3) is 11.4 Å². The molecule has 4 aromatic rings. The monoisotopic (exact) mass is 602 g/mol. The van der Waals surface area contributed by atoms with E-state index in [1.807, 2.05) is 60.7 Å². The van der Waals surface area contributed by atoms with Crippen LogP contribution in [-0.2, 0) is 9.59 Å². The van der Waals surface area contributed by atoms with Crippen molar-refractivity contribution in [2.75, 3.05) is 0 Å². The molecule has 4 rings (SSSR count). The lowest BCUT2D eigenvalue weighted by atomic mass is 10.2. The molecule has 0 spiro atoms. The summed E-state index contributed by atoms with van der Waals surface area (Å²) in [6.45, 7) is 3.40. The molecule has 0 aromatic heterocycles. The maximum atomic E-state index is 11.7. The van der Waals surface area contributed by atoms with Gasteiger partial charge in [0.15, 0.2) is 0 Å². The number of nitro groups is 2. The third-order valence-corrected chi connectivity index (χ3v) is 5.54. The van der Waals surface area contributed by atoms with E-state index in [2.05, 4.69) is 0 Å². The van der Waals surface area contributed by atoms with Crippen LogP contribution >= 0.6 is 11.6 Å². The normalized spacial score (nSPS) is 10.2. The first-order valence-electron chi connectivity index (χ1n) is 12.5. The number of aryl methyl sites for hydroxylation is 2. The number of carbonyl (C=O) groups excluding carboxylic acids is 2. The first-order valence-corrected chi connectivity index (χ1v) is 12.9. The number of benzene rings is 4. The average molecular weight is 603 g/mol. The fourth-order valence-electron chi connectivity index (χ4n) is 3.12. The number of nitrogens with zero attached hydrogens (tertiary/aromatic N) is 2. The Bertz CT molecular complexity index is 1620. The summed E-state index contributed by atoms with van der Waals surface area (Å²) < 4.78 is 5.13. The van der Waals surface area contributed by atoms with Crippen molar-refractivity contribution >= 4 is 46.3 Å². The van der Waals surface area contributed by atoms with Gasteiger partial charge in [0, 0.05) is 18.2 Å². The van der Waals surface area contributed by atoms with Gasteiger partial charge < -0.3 is 9.84 Å². The van der Waals surface area contributed by atoms with Crippen LogP contribution in [0.1, 0.15) is 22.3 Å². The van der Waals surface area contributed by atoms with Crippen LogP contribution in [0.3, 0.4) is 0 Å². The van der Waals surface area contributed by atoms with Crippen LogP contribution < -0.4 is 4.74 Å². The molecule has 4 aromatic carbocycles. The van der Waals surface area contributed by atoms with Crippen molar-refractivity contribution in [3.63, 3.8) is 0 Å². The SMILES string of the molecule is Cc1ccc([N+](=O)[O-])cc1O.Cc1ccc([N+](=O)[O-])cc1OC(=O)/C=C/c1ccccc1.O=C(Cl)/C=C/c1ccccc1. The minimum atomic E-state index is -0.581. The van der Waals surface area contributed by atoms with Crippen molar-refractivity contribution in [1.29, 1.82) is 0 Å². The van der Waals surface area contributed by atoms with Gasteiger partial charge in [0.1, 0.15) is 11.5 Å². The Kier molecular flexibility index (Phi) is 13.5. The fraction of sp³-hybridized carbons (Fsp3) is 0.0625. The lowest BCUT2D eigenvalue weighted by Crippen LogP contribution is -2.05. The Hall–Kier alpha value is -5.61. The number of halogens is 1. The van der Waals surface area contributed by atoms with Gasteiger partial charge in [0.05, 0.1) is 22.0 Å². The summed E-state index contributed by atoms with van der Waals surface area (Å²) >= 11 is 5.10. The number of aromatic hydroxyl groups is 1. The number of hydrogen-bond donors (Lipinski definition) is 1. The number of allylic oxidation sites excluding steroid dienone is 1. The van der Waals surface area contributed by atoms with Gasteiger partial charge in [-0.3, -0.25) is 25.0 Å². The molecule has 0 bridgehead atoms. The zero-order valence-electron chi connectivity index (χ0n) is 23.1. The Labute approximate surface area is 252 Å². The number of ether oxygens (including phenoxy) is 1. The summed E-state index contributed by atoms with van der Waals surface area (Å²) in [7, 11) is 0. The van der Waals surface area contributed by atoms with Gasteiger partial charge in [-0.05, 0) is 72.0 Å². The van der Waals surface area contributed by atoms with Gasteiger partial charge in [-0.25, -0.2) is 4.79 Å². The van der Waals surface area contributed by atoms with Crippen molar-refractivity contribution in [3.8, 4) is 11.5 Å². The molecule has 0 heterocycles.